The van der Waals surface area contributed by atoms with E-state index < -0.39 is 0 Å². The summed E-state index contributed by atoms with van der Waals surface area (Å²) in [7, 11) is 0. The van der Waals surface area contributed by atoms with Crippen LogP contribution in [-0.4, -0.2) is 3.92 Å². The monoisotopic (exact) mass is 258 g/mol. The van der Waals surface area contributed by atoms with Crippen molar-refractivity contribution in [2.75, 3.05) is 0 Å². The molecule has 0 nitrogen and oxygen atoms in total. The van der Waals surface area contributed by atoms with Gasteiger partial charge in [0.25, 0.3) is 0 Å². The van der Waals surface area contributed by atoms with Crippen LogP contribution in [0.3, 0.4) is 0 Å². The Bertz CT molecular complexity index is 255. The van der Waals surface area contributed by atoms with E-state index in [0.717, 1.165) is 3.92 Å². The van der Waals surface area contributed by atoms with Crippen molar-refractivity contribution in [1.29, 1.82) is 0 Å². The fourth-order valence-corrected chi connectivity index (χ4v) is 2.71. The Labute approximate surface area is 81.1 Å². The molecule has 0 spiro atoms. The summed E-state index contributed by atoms with van der Waals surface area (Å²) in [6, 6.07) is 10.8. The van der Waals surface area contributed by atoms with Gasteiger partial charge in [0, 0.05) is 9.34 Å². The molecule has 0 aliphatic heterocycles. The van der Waals surface area contributed by atoms with E-state index in [0.29, 0.717) is 5.41 Å². The molecule has 1 fully saturated rings. The summed E-state index contributed by atoms with van der Waals surface area (Å²) in [5.74, 6) is 0. The van der Waals surface area contributed by atoms with Crippen molar-refractivity contribution in [3.63, 3.8) is 0 Å². The first kappa shape index (κ1) is 7.59. The van der Waals surface area contributed by atoms with Crippen LogP contribution in [0.4, 0.5) is 0 Å². The fourth-order valence-electron chi connectivity index (χ4n) is 1.43. The van der Waals surface area contributed by atoms with Gasteiger partial charge in [-0.25, -0.2) is 0 Å². The largest absolute Gasteiger partial charge is 0.0816 e. The molecule has 0 unspecified atom stereocenters. The summed E-state index contributed by atoms with van der Waals surface area (Å²) in [6.07, 6.45) is 1.34. The molecule has 0 N–H and O–H groups in total. The zero-order valence-corrected chi connectivity index (χ0v) is 8.71. The summed E-state index contributed by atoms with van der Waals surface area (Å²) in [5.41, 5.74) is 1.99. The number of benzene rings is 1. The standard InChI is InChI=1S/C10H11I/c1-10(7-9(10)11)8-5-3-2-4-6-8/h2-6,9H,7H2,1H3/t9-,10+/m1/s1. The molecule has 1 saturated carbocycles. The molecule has 1 aromatic rings. The van der Waals surface area contributed by atoms with Gasteiger partial charge in [-0.05, 0) is 12.0 Å². The van der Waals surface area contributed by atoms with Crippen LogP contribution in [0.5, 0.6) is 0 Å². The maximum atomic E-state index is 2.54. The second-order valence-corrected chi connectivity index (χ2v) is 4.96. The smallest absolute Gasteiger partial charge is 0.0213 e. The van der Waals surface area contributed by atoms with Crippen LogP contribution >= 0.6 is 22.6 Å². The fraction of sp³-hybridized carbons (Fsp3) is 0.400. The molecule has 1 aliphatic rings. The highest BCUT2D eigenvalue weighted by molar-refractivity contribution is 14.1. The van der Waals surface area contributed by atoms with Crippen LogP contribution in [0.2, 0.25) is 0 Å². The zero-order chi connectivity index (χ0) is 7.90. The first-order valence-corrected chi connectivity index (χ1v) is 5.18. The van der Waals surface area contributed by atoms with Crippen molar-refractivity contribution < 1.29 is 0 Å². The van der Waals surface area contributed by atoms with E-state index in [2.05, 4.69) is 59.8 Å². The van der Waals surface area contributed by atoms with E-state index in [1.165, 1.54) is 12.0 Å². The van der Waals surface area contributed by atoms with Gasteiger partial charge in [0.05, 0.1) is 0 Å². The lowest BCUT2D eigenvalue weighted by Gasteiger charge is -2.07. The Morgan fingerprint density at radius 1 is 1.36 bits per heavy atom. The molecule has 0 aromatic heterocycles. The van der Waals surface area contributed by atoms with Crippen molar-refractivity contribution in [2.45, 2.75) is 22.7 Å². The summed E-state index contributed by atoms with van der Waals surface area (Å²) in [6.45, 7) is 2.35. The van der Waals surface area contributed by atoms with Crippen molar-refractivity contribution >= 4 is 22.6 Å². The van der Waals surface area contributed by atoms with E-state index in [1.807, 2.05) is 0 Å². The lowest BCUT2D eigenvalue weighted by molar-refractivity contribution is 0.797. The normalized spacial score (nSPS) is 35.3. The predicted molar refractivity (Wildman–Crippen MR) is 56.2 cm³/mol. The van der Waals surface area contributed by atoms with Crippen LogP contribution in [-0.2, 0) is 5.41 Å². The average molecular weight is 258 g/mol. The summed E-state index contributed by atoms with van der Waals surface area (Å²) >= 11 is 2.54. The Kier molecular flexibility index (Phi) is 1.71. The third kappa shape index (κ3) is 1.19. The molecular formula is C10H11I. The quantitative estimate of drug-likeness (QED) is 0.536. The van der Waals surface area contributed by atoms with Gasteiger partial charge >= 0.3 is 0 Å². The van der Waals surface area contributed by atoms with Gasteiger partial charge in [-0.15, -0.1) is 0 Å². The molecular weight excluding hydrogens is 247 g/mol. The van der Waals surface area contributed by atoms with Crippen molar-refractivity contribution in [3.05, 3.63) is 35.9 Å². The van der Waals surface area contributed by atoms with Crippen LogP contribution in [0.25, 0.3) is 0 Å². The molecule has 2 atom stereocenters. The molecule has 1 heteroatoms. The minimum atomic E-state index is 0.488. The van der Waals surface area contributed by atoms with E-state index in [4.69, 9.17) is 0 Å². The number of alkyl halides is 1. The molecule has 0 saturated heterocycles. The number of hydrogen-bond donors (Lipinski definition) is 0. The Morgan fingerprint density at radius 2 is 1.91 bits per heavy atom. The van der Waals surface area contributed by atoms with E-state index in [-0.39, 0.29) is 0 Å². The minimum Gasteiger partial charge on any atom is -0.0816 e. The van der Waals surface area contributed by atoms with E-state index >= 15 is 0 Å². The van der Waals surface area contributed by atoms with Crippen LogP contribution in [0.1, 0.15) is 18.9 Å². The van der Waals surface area contributed by atoms with Gasteiger partial charge in [0.1, 0.15) is 0 Å². The van der Waals surface area contributed by atoms with Gasteiger partial charge in [-0.1, -0.05) is 59.8 Å². The van der Waals surface area contributed by atoms with Gasteiger partial charge in [-0.2, -0.15) is 0 Å². The van der Waals surface area contributed by atoms with Crippen molar-refractivity contribution in [1.82, 2.24) is 0 Å². The Morgan fingerprint density at radius 3 is 2.36 bits per heavy atom. The lowest BCUT2D eigenvalue weighted by atomic mass is 9.99. The van der Waals surface area contributed by atoms with Crippen LogP contribution < -0.4 is 0 Å². The molecule has 1 aliphatic carbocycles. The third-order valence-corrected chi connectivity index (χ3v) is 4.38. The Hall–Kier alpha value is -0.0500. The van der Waals surface area contributed by atoms with E-state index in [1.54, 1.807) is 0 Å². The summed E-state index contributed by atoms with van der Waals surface area (Å²) < 4.78 is 0.850. The van der Waals surface area contributed by atoms with E-state index in [9.17, 15) is 0 Å². The van der Waals surface area contributed by atoms with Gasteiger partial charge in [0.15, 0.2) is 0 Å². The molecule has 58 valence electrons. The average Bonchev–Trinajstić information content (AvgIpc) is 2.64. The number of rotatable bonds is 1. The van der Waals surface area contributed by atoms with Gasteiger partial charge in [-0.3, -0.25) is 0 Å². The highest BCUT2D eigenvalue weighted by atomic mass is 127. The van der Waals surface area contributed by atoms with Crippen molar-refractivity contribution in [3.8, 4) is 0 Å². The minimum absolute atomic E-state index is 0.488. The summed E-state index contributed by atoms with van der Waals surface area (Å²) in [5, 5.41) is 0. The number of hydrogen-bond acceptors (Lipinski definition) is 0. The number of halogens is 1. The molecule has 0 bridgehead atoms. The molecule has 2 rings (SSSR count). The first-order chi connectivity index (χ1) is 5.23. The molecule has 0 radical (unpaired) electrons. The SMILES string of the molecule is C[C@@]1(c2ccccc2)C[C@H]1I. The Balaban J connectivity index is 2.32. The maximum Gasteiger partial charge on any atom is 0.0213 e. The zero-order valence-electron chi connectivity index (χ0n) is 6.55. The predicted octanol–water partition coefficient (Wildman–Crippen LogP) is 3.15. The van der Waals surface area contributed by atoms with Crippen LogP contribution in [0, 0.1) is 0 Å². The summed E-state index contributed by atoms with van der Waals surface area (Å²) in [4.78, 5) is 0. The second-order valence-electron chi connectivity index (χ2n) is 3.46. The highest BCUT2D eigenvalue weighted by Gasteiger charge is 2.49. The molecule has 1 aromatic carbocycles. The molecule has 0 heterocycles. The topological polar surface area (TPSA) is 0 Å². The maximum absolute atomic E-state index is 2.54. The molecule has 11 heavy (non-hydrogen) atoms. The van der Waals surface area contributed by atoms with Gasteiger partial charge in [0.2, 0.25) is 0 Å². The lowest BCUT2D eigenvalue weighted by Crippen LogP contribution is -2.02. The third-order valence-electron chi connectivity index (χ3n) is 2.57. The van der Waals surface area contributed by atoms with Crippen molar-refractivity contribution in [2.24, 2.45) is 0 Å². The second kappa shape index (κ2) is 2.47. The molecule has 0 amide bonds. The van der Waals surface area contributed by atoms with Crippen LogP contribution in [0.15, 0.2) is 30.3 Å². The highest BCUT2D eigenvalue weighted by Crippen LogP contribution is 2.52. The first-order valence-electron chi connectivity index (χ1n) is 3.93. The van der Waals surface area contributed by atoms with Gasteiger partial charge < -0.3 is 0 Å².